The van der Waals surface area contributed by atoms with Gasteiger partial charge in [-0.25, -0.2) is 0 Å². The van der Waals surface area contributed by atoms with Crippen molar-refractivity contribution in [2.75, 3.05) is 13.1 Å². The zero-order chi connectivity index (χ0) is 18.4. The highest BCUT2D eigenvalue weighted by atomic mass is 16.5. The van der Waals surface area contributed by atoms with Crippen LogP contribution in [-0.4, -0.2) is 35.0 Å². The molecule has 138 valence electrons. The molecule has 0 radical (unpaired) electrons. The first-order chi connectivity index (χ1) is 12.7. The first kappa shape index (κ1) is 18.2. The van der Waals surface area contributed by atoms with Crippen molar-refractivity contribution in [3.05, 3.63) is 54.3 Å². The quantitative estimate of drug-likeness (QED) is 0.739. The molecule has 2 aromatic heterocycles. The number of hydrogen-bond donors (Lipinski definition) is 0. The number of rotatable bonds is 7. The third-order valence-electron chi connectivity index (χ3n) is 4.75. The van der Waals surface area contributed by atoms with Crippen LogP contribution in [0.1, 0.15) is 49.2 Å². The van der Waals surface area contributed by atoms with Crippen LogP contribution in [0.15, 0.2) is 47.3 Å². The Bertz CT molecular complexity index is 739. The van der Waals surface area contributed by atoms with E-state index in [1.54, 1.807) is 23.2 Å². The predicted molar refractivity (Wildman–Crippen MR) is 101 cm³/mol. The van der Waals surface area contributed by atoms with E-state index in [0.29, 0.717) is 24.8 Å². The molecule has 5 nitrogen and oxygen atoms in total. The van der Waals surface area contributed by atoms with Crippen LogP contribution in [0.2, 0.25) is 0 Å². The van der Waals surface area contributed by atoms with Gasteiger partial charge < -0.3 is 14.1 Å². The second-order valence-corrected chi connectivity index (χ2v) is 6.86. The van der Waals surface area contributed by atoms with Crippen molar-refractivity contribution in [1.82, 2.24) is 9.88 Å². The molecular formula is C21H26N2O3. The number of furan rings is 1. The van der Waals surface area contributed by atoms with Crippen molar-refractivity contribution >= 4 is 12.0 Å². The summed E-state index contributed by atoms with van der Waals surface area (Å²) in [7, 11) is 0. The van der Waals surface area contributed by atoms with Gasteiger partial charge in [-0.3, -0.25) is 9.78 Å². The summed E-state index contributed by atoms with van der Waals surface area (Å²) in [5, 5.41) is 0. The predicted octanol–water partition coefficient (Wildman–Crippen LogP) is 4.42. The Labute approximate surface area is 154 Å². The zero-order valence-electron chi connectivity index (χ0n) is 15.4. The molecule has 1 fully saturated rings. The number of pyridine rings is 1. The summed E-state index contributed by atoms with van der Waals surface area (Å²) in [6, 6.07) is 5.41. The van der Waals surface area contributed by atoms with Crippen LogP contribution >= 0.6 is 0 Å². The molecular weight excluding hydrogens is 328 g/mol. The average molecular weight is 354 g/mol. The first-order valence-electron chi connectivity index (χ1n) is 9.26. The van der Waals surface area contributed by atoms with E-state index in [1.807, 2.05) is 12.3 Å². The van der Waals surface area contributed by atoms with E-state index in [-0.39, 0.29) is 12.0 Å². The van der Waals surface area contributed by atoms with Gasteiger partial charge in [0.05, 0.1) is 19.0 Å². The van der Waals surface area contributed by atoms with E-state index in [0.717, 1.165) is 24.2 Å². The molecule has 0 aromatic carbocycles. The molecule has 1 aliphatic rings. The molecule has 0 aliphatic carbocycles. The van der Waals surface area contributed by atoms with Crippen LogP contribution in [-0.2, 0) is 0 Å². The summed E-state index contributed by atoms with van der Waals surface area (Å²) in [5.41, 5.74) is 1.03. The highest BCUT2D eigenvalue weighted by Crippen LogP contribution is 2.21. The normalized spacial score (nSPS) is 18.4. The van der Waals surface area contributed by atoms with Gasteiger partial charge in [0.1, 0.15) is 11.9 Å². The fourth-order valence-corrected chi connectivity index (χ4v) is 2.95. The van der Waals surface area contributed by atoms with Gasteiger partial charge in [-0.05, 0) is 36.1 Å². The van der Waals surface area contributed by atoms with Gasteiger partial charge in [0.25, 0.3) is 5.91 Å². The lowest BCUT2D eigenvalue weighted by Gasteiger charge is -2.16. The largest absolute Gasteiger partial charge is 0.487 e. The molecule has 0 saturated carbocycles. The number of carbonyl (C=O) groups is 1. The molecule has 0 N–H and O–H groups in total. The van der Waals surface area contributed by atoms with E-state index in [9.17, 15) is 4.79 Å². The second kappa shape index (κ2) is 8.70. The van der Waals surface area contributed by atoms with Crippen LogP contribution in [0.4, 0.5) is 0 Å². The molecule has 1 saturated heterocycles. The topological polar surface area (TPSA) is 55.6 Å². The van der Waals surface area contributed by atoms with Crippen LogP contribution in [0.5, 0.6) is 5.75 Å². The Morgan fingerprint density at radius 1 is 1.50 bits per heavy atom. The maximum absolute atomic E-state index is 12.3. The number of hydrogen-bond acceptors (Lipinski definition) is 4. The average Bonchev–Trinajstić information content (AvgIpc) is 3.33. The van der Waals surface area contributed by atoms with Gasteiger partial charge >= 0.3 is 0 Å². The summed E-state index contributed by atoms with van der Waals surface area (Å²) in [6.45, 7) is 5.69. The monoisotopic (exact) mass is 354 g/mol. The molecule has 1 aliphatic heterocycles. The fourth-order valence-electron chi connectivity index (χ4n) is 2.95. The molecule has 0 unspecified atom stereocenters. The van der Waals surface area contributed by atoms with E-state index in [4.69, 9.17) is 9.15 Å². The summed E-state index contributed by atoms with van der Waals surface area (Å²) < 4.78 is 11.2. The Morgan fingerprint density at radius 2 is 2.38 bits per heavy atom. The lowest BCUT2D eigenvalue weighted by atomic mass is 10.0. The molecule has 26 heavy (non-hydrogen) atoms. The summed E-state index contributed by atoms with van der Waals surface area (Å²) in [5.74, 6) is 1.73. The van der Waals surface area contributed by atoms with E-state index in [2.05, 4.69) is 31.0 Å². The lowest BCUT2D eigenvalue weighted by molar-refractivity contribution is 0.0741. The molecule has 3 heterocycles. The third kappa shape index (κ3) is 4.75. The van der Waals surface area contributed by atoms with Crippen molar-refractivity contribution in [2.24, 2.45) is 5.92 Å². The van der Waals surface area contributed by atoms with Crippen molar-refractivity contribution < 1.29 is 13.9 Å². The van der Waals surface area contributed by atoms with E-state index >= 15 is 0 Å². The number of amides is 1. The highest BCUT2D eigenvalue weighted by Gasteiger charge is 2.29. The van der Waals surface area contributed by atoms with Gasteiger partial charge in [-0.1, -0.05) is 32.4 Å². The Morgan fingerprint density at radius 3 is 3.15 bits per heavy atom. The van der Waals surface area contributed by atoms with Crippen LogP contribution in [0.25, 0.3) is 6.08 Å². The Balaban J connectivity index is 1.55. The maximum atomic E-state index is 12.3. The molecule has 2 aromatic rings. The summed E-state index contributed by atoms with van der Waals surface area (Å²) in [4.78, 5) is 18.4. The van der Waals surface area contributed by atoms with Gasteiger partial charge in [0, 0.05) is 19.2 Å². The van der Waals surface area contributed by atoms with Crippen molar-refractivity contribution in [1.29, 1.82) is 0 Å². The number of aromatic nitrogens is 1. The van der Waals surface area contributed by atoms with Gasteiger partial charge in [0.2, 0.25) is 0 Å². The molecule has 1 amide bonds. The molecule has 5 heteroatoms. The minimum Gasteiger partial charge on any atom is -0.487 e. The van der Waals surface area contributed by atoms with Crippen LogP contribution < -0.4 is 4.74 Å². The standard InChI is InChI=1S/C21H26N2O3/c1-3-16(2)6-4-7-17-12-19(14-22-13-17)26-18-9-10-23(15-18)21(24)20-8-5-11-25-20/h4-5,7-8,11-14,16,18H,3,6,9-10,15H2,1-2H3/b7-4+/t16-,18+/m1/s1. The molecule has 2 atom stereocenters. The maximum Gasteiger partial charge on any atom is 0.289 e. The van der Waals surface area contributed by atoms with Crippen molar-refractivity contribution in [2.45, 2.75) is 39.2 Å². The SMILES string of the molecule is CC[C@@H](C)C/C=C/c1cncc(O[C@H]2CCN(C(=O)c3ccco3)C2)c1. The number of allylic oxidation sites excluding steroid dienone is 1. The fraction of sp³-hybridized carbons (Fsp3) is 0.429. The summed E-state index contributed by atoms with van der Waals surface area (Å²) >= 11 is 0. The van der Waals surface area contributed by atoms with E-state index < -0.39 is 0 Å². The first-order valence-corrected chi connectivity index (χ1v) is 9.26. The molecule has 3 rings (SSSR count). The zero-order valence-corrected chi connectivity index (χ0v) is 15.4. The highest BCUT2D eigenvalue weighted by molar-refractivity contribution is 5.91. The van der Waals surface area contributed by atoms with E-state index in [1.165, 1.54) is 12.7 Å². The van der Waals surface area contributed by atoms with Crippen molar-refractivity contribution in [3.63, 3.8) is 0 Å². The minimum atomic E-state index is -0.0825. The molecule has 0 bridgehead atoms. The van der Waals surface area contributed by atoms with Crippen LogP contribution in [0.3, 0.4) is 0 Å². The molecule has 0 spiro atoms. The number of ether oxygens (including phenoxy) is 1. The Kier molecular flexibility index (Phi) is 6.10. The van der Waals surface area contributed by atoms with Crippen molar-refractivity contribution in [3.8, 4) is 5.75 Å². The smallest absolute Gasteiger partial charge is 0.289 e. The Hall–Kier alpha value is -2.56. The van der Waals surface area contributed by atoms with Crippen LogP contribution in [0, 0.1) is 5.92 Å². The number of carbonyl (C=O) groups excluding carboxylic acids is 1. The third-order valence-corrected chi connectivity index (χ3v) is 4.75. The lowest BCUT2D eigenvalue weighted by Crippen LogP contribution is -2.30. The minimum absolute atomic E-state index is 0.0185. The van der Waals surface area contributed by atoms with Gasteiger partial charge in [-0.2, -0.15) is 0 Å². The number of nitrogens with zero attached hydrogens (tertiary/aromatic N) is 2. The second-order valence-electron chi connectivity index (χ2n) is 6.86. The van der Waals surface area contributed by atoms with Gasteiger partial charge in [0.15, 0.2) is 5.76 Å². The summed E-state index contributed by atoms with van der Waals surface area (Å²) in [6.07, 6.45) is 12.4. The van der Waals surface area contributed by atoms with Gasteiger partial charge in [-0.15, -0.1) is 0 Å². The number of likely N-dealkylation sites (tertiary alicyclic amines) is 1.